The first-order valence-corrected chi connectivity index (χ1v) is 4.60. The van der Waals surface area contributed by atoms with Gasteiger partial charge in [-0.15, -0.1) is 0 Å². The lowest BCUT2D eigenvalue weighted by Gasteiger charge is -2.26. The monoisotopic (exact) mass is 182 g/mol. The van der Waals surface area contributed by atoms with Gasteiger partial charge in [-0.2, -0.15) is 0 Å². The van der Waals surface area contributed by atoms with Crippen molar-refractivity contribution in [2.45, 2.75) is 37.9 Å². The summed E-state index contributed by atoms with van der Waals surface area (Å²) in [5.74, 6) is -1.29. The zero-order valence-electron chi connectivity index (χ0n) is 7.17. The predicted molar refractivity (Wildman–Crippen MR) is 40.4 cm³/mol. The van der Waals surface area contributed by atoms with Crippen LogP contribution in [0.1, 0.15) is 32.1 Å². The molecule has 0 aromatic carbocycles. The first kappa shape index (κ1) is 7.35. The Balaban J connectivity index is 2.09. The van der Waals surface area contributed by atoms with E-state index in [4.69, 9.17) is 9.47 Å². The molecule has 0 N–H and O–H groups in total. The highest BCUT2D eigenvalue weighted by Gasteiger charge is 2.70. The largest absolute Gasteiger partial charge is 0.422 e. The second-order valence-electron chi connectivity index (χ2n) is 4.19. The summed E-state index contributed by atoms with van der Waals surface area (Å²) in [6.07, 6.45) is 3.27. The molecule has 0 bridgehead atoms. The van der Waals surface area contributed by atoms with E-state index in [0.717, 1.165) is 12.8 Å². The fourth-order valence-electron chi connectivity index (χ4n) is 2.96. The summed E-state index contributed by atoms with van der Waals surface area (Å²) in [6.45, 7) is 0. The Bertz CT molecular complexity index is 261. The molecular formula is C9H10O4. The van der Waals surface area contributed by atoms with Crippen molar-refractivity contribution in [1.82, 2.24) is 0 Å². The topological polar surface area (TPSA) is 52.6 Å². The lowest BCUT2D eigenvalue weighted by molar-refractivity contribution is -0.210. The van der Waals surface area contributed by atoms with E-state index in [0.29, 0.717) is 19.3 Å². The molecule has 0 spiro atoms. The summed E-state index contributed by atoms with van der Waals surface area (Å²) in [6, 6.07) is 0. The van der Waals surface area contributed by atoms with Crippen molar-refractivity contribution in [3.05, 3.63) is 0 Å². The SMILES string of the molecule is O=C1CC23CCCC2(O1)OC(=O)C3. The Morgan fingerprint density at radius 3 is 2.15 bits per heavy atom. The van der Waals surface area contributed by atoms with Gasteiger partial charge >= 0.3 is 11.9 Å². The van der Waals surface area contributed by atoms with E-state index in [2.05, 4.69) is 0 Å². The van der Waals surface area contributed by atoms with Crippen LogP contribution in [0.3, 0.4) is 0 Å². The fraction of sp³-hybridized carbons (Fsp3) is 0.778. The molecular weight excluding hydrogens is 172 g/mol. The summed E-state index contributed by atoms with van der Waals surface area (Å²) >= 11 is 0. The van der Waals surface area contributed by atoms with Crippen LogP contribution in [0.5, 0.6) is 0 Å². The van der Waals surface area contributed by atoms with Crippen LogP contribution in [0.25, 0.3) is 0 Å². The Morgan fingerprint density at radius 1 is 1.00 bits per heavy atom. The van der Waals surface area contributed by atoms with Crippen LogP contribution in [0.2, 0.25) is 0 Å². The zero-order chi connectivity index (χ0) is 9.10. The molecule has 0 amide bonds. The summed E-state index contributed by atoms with van der Waals surface area (Å²) < 4.78 is 10.4. The van der Waals surface area contributed by atoms with Crippen molar-refractivity contribution < 1.29 is 19.1 Å². The van der Waals surface area contributed by atoms with Crippen LogP contribution >= 0.6 is 0 Å². The van der Waals surface area contributed by atoms with E-state index >= 15 is 0 Å². The number of carbonyl (C=O) groups is 2. The highest BCUT2D eigenvalue weighted by Crippen LogP contribution is 2.61. The Kier molecular flexibility index (Phi) is 1.07. The maximum Gasteiger partial charge on any atom is 0.309 e. The molecule has 2 saturated heterocycles. The summed E-state index contributed by atoms with van der Waals surface area (Å²) in [5, 5.41) is 0. The van der Waals surface area contributed by atoms with Crippen molar-refractivity contribution in [1.29, 1.82) is 0 Å². The molecule has 0 aromatic heterocycles. The van der Waals surface area contributed by atoms with Crippen molar-refractivity contribution in [3.63, 3.8) is 0 Å². The van der Waals surface area contributed by atoms with E-state index in [9.17, 15) is 9.59 Å². The summed E-state index contributed by atoms with van der Waals surface area (Å²) in [5.41, 5.74) is -0.304. The van der Waals surface area contributed by atoms with Crippen molar-refractivity contribution >= 4 is 11.9 Å². The average molecular weight is 182 g/mol. The lowest BCUT2D eigenvalue weighted by atomic mass is 9.79. The van der Waals surface area contributed by atoms with Gasteiger partial charge in [0.15, 0.2) is 0 Å². The molecule has 4 heteroatoms. The molecule has 2 heterocycles. The standard InChI is InChI=1S/C9H10O4/c10-6-4-8-2-1-3-9(8,12-6)13-7(11)5-8/h1-5H2. The Hall–Kier alpha value is -1.06. The van der Waals surface area contributed by atoms with Crippen LogP contribution in [0, 0.1) is 5.41 Å². The molecule has 1 saturated carbocycles. The van der Waals surface area contributed by atoms with E-state index < -0.39 is 5.79 Å². The van der Waals surface area contributed by atoms with Crippen LogP contribution in [-0.4, -0.2) is 17.7 Å². The average Bonchev–Trinajstić information content (AvgIpc) is 2.42. The predicted octanol–water partition coefficient (Wildman–Crippen LogP) is 0.747. The van der Waals surface area contributed by atoms with E-state index in [1.54, 1.807) is 0 Å². The molecule has 0 radical (unpaired) electrons. The van der Waals surface area contributed by atoms with Crippen LogP contribution in [0.15, 0.2) is 0 Å². The lowest BCUT2D eigenvalue weighted by Crippen LogP contribution is -2.36. The molecule has 2 aliphatic heterocycles. The van der Waals surface area contributed by atoms with Crippen LogP contribution < -0.4 is 0 Å². The molecule has 0 atom stereocenters. The van der Waals surface area contributed by atoms with E-state index in [-0.39, 0.29) is 17.4 Å². The van der Waals surface area contributed by atoms with Gasteiger partial charge < -0.3 is 9.47 Å². The second kappa shape index (κ2) is 1.89. The van der Waals surface area contributed by atoms with Crippen LogP contribution in [-0.2, 0) is 19.1 Å². The summed E-state index contributed by atoms with van der Waals surface area (Å²) in [4.78, 5) is 22.3. The minimum atomic E-state index is -0.860. The molecule has 3 fully saturated rings. The van der Waals surface area contributed by atoms with Gasteiger partial charge in [0.2, 0.25) is 0 Å². The third-order valence-corrected chi connectivity index (χ3v) is 3.49. The Labute approximate surface area is 75.2 Å². The van der Waals surface area contributed by atoms with Gasteiger partial charge in [0.1, 0.15) is 0 Å². The third kappa shape index (κ3) is 0.677. The molecule has 3 rings (SSSR count). The van der Waals surface area contributed by atoms with E-state index in [1.807, 2.05) is 0 Å². The molecule has 0 aromatic rings. The number of hydrogen-bond acceptors (Lipinski definition) is 4. The Morgan fingerprint density at radius 2 is 1.62 bits per heavy atom. The van der Waals surface area contributed by atoms with Gasteiger partial charge in [0, 0.05) is 6.42 Å². The molecule has 13 heavy (non-hydrogen) atoms. The van der Waals surface area contributed by atoms with Gasteiger partial charge in [0.05, 0.1) is 18.3 Å². The zero-order valence-corrected chi connectivity index (χ0v) is 7.17. The van der Waals surface area contributed by atoms with Gasteiger partial charge in [-0.1, -0.05) is 0 Å². The molecule has 1 aliphatic carbocycles. The molecule has 70 valence electrons. The van der Waals surface area contributed by atoms with Crippen molar-refractivity contribution in [3.8, 4) is 0 Å². The third-order valence-electron chi connectivity index (χ3n) is 3.49. The molecule has 3 aliphatic rings. The van der Waals surface area contributed by atoms with Crippen molar-refractivity contribution in [2.24, 2.45) is 5.41 Å². The maximum absolute atomic E-state index is 11.2. The minimum absolute atomic E-state index is 0.216. The minimum Gasteiger partial charge on any atom is -0.422 e. The van der Waals surface area contributed by atoms with Crippen molar-refractivity contribution in [2.75, 3.05) is 0 Å². The number of rotatable bonds is 0. The van der Waals surface area contributed by atoms with Crippen LogP contribution in [0.4, 0.5) is 0 Å². The highest BCUT2D eigenvalue weighted by molar-refractivity contribution is 5.81. The van der Waals surface area contributed by atoms with Gasteiger partial charge in [-0.25, -0.2) is 0 Å². The number of carbonyl (C=O) groups excluding carboxylic acids is 2. The van der Waals surface area contributed by atoms with Gasteiger partial charge in [0.25, 0.3) is 5.79 Å². The first-order chi connectivity index (χ1) is 6.16. The first-order valence-electron chi connectivity index (χ1n) is 4.60. The molecule has 0 unspecified atom stereocenters. The second-order valence-corrected chi connectivity index (χ2v) is 4.19. The number of hydrogen-bond donors (Lipinski definition) is 0. The maximum atomic E-state index is 11.2. The molecule has 4 nitrogen and oxygen atoms in total. The highest BCUT2D eigenvalue weighted by atomic mass is 16.7. The quantitative estimate of drug-likeness (QED) is 0.518. The van der Waals surface area contributed by atoms with E-state index in [1.165, 1.54) is 0 Å². The normalized spacial score (nSPS) is 47.1. The number of ether oxygens (including phenoxy) is 2. The van der Waals surface area contributed by atoms with Gasteiger partial charge in [-0.05, 0) is 12.8 Å². The number of esters is 2. The smallest absolute Gasteiger partial charge is 0.309 e. The fourth-order valence-corrected chi connectivity index (χ4v) is 2.96. The summed E-state index contributed by atoms with van der Waals surface area (Å²) in [7, 11) is 0. The van der Waals surface area contributed by atoms with Gasteiger partial charge in [-0.3, -0.25) is 9.59 Å².